The van der Waals surface area contributed by atoms with Crippen molar-refractivity contribution in [1.82, 2.24) is 0 Å². The molecule has 7 nitrogen and oxygen atoms in total. The van der Waals surface area contributed by atoms with Gasteiger partial charge in [-0.2, -0.15) is 0 Å². The van der Waals surface area contributed by atoms with E-state index in [0.717, 1.165) is 20.0 Å². The number of halogens is 1. The van der Waals surface area contributed by atoms with Gasteiger partial charge in [-0.15, -0.1) is 11.3 Å². The summed E-state index contributed by atoms with van der Waals surface area (Å²) in [4.78, 5) is 25.5. The Morgan fingerprint density at radius 1 is 1.18 bits per heavy atom. The number of aliphatic hydroxyl groups is 2. The van der Waals surface area contributed by atoms with Gasteiger partial charge in [0.1, 0.15) is 11.9 Å². The molecule has 0 spiro atoms. The number of aliphatic hydroxyl groups excluding tert-OH is 2. The molecule has 3 N–H and O–H groups in total. The quantitative estimate of drug-likeness (QED) is 0.141. The number of ketones is 1. The summed E-state index contributed by atoms with van der Waals surface area (Å²) in [6, 6.07) is 8.07. The predicted octanol–water partition coefficient (Wildman–Crippen LogP) is 7.60. The van der Waals surface area contributed by atoms with Crippen LogP contribution >= 0.6 is 22.9 Å². The van der Waals surface area contributed by atoms with Crippen LogP contribution in [0.2, 0.25) is 5.02 Å². The first-order valence-electron chi connectivity index (χ1n) is 16.3. The highest BCUT2D eigenvalue weighted by Crippen LogP contribution is 2.49. The van der Waals surface area contributed by atoms with E-state index >= 15 is 0 Å². The molecule has 1 aliphatic heterocycles. The van der Waals surface area contributed by atoms with E-state index in [1.165, 1.54) is 0 Å². The number of allylic oxidation sites excluding steroid dienone is 3. The first-order chi connectivity index (χ1) is 21.4. The summed E-state index contributed by atoms with van der Waals surface area (Å²) < 4.78 is 13.7. The summed E-state index contributed by atoms with van der Waals surface area (Å²) >= 11 is 8.44. The van der Waals surface area contributed by atoms with Crippen LogP contribution in [-0.2, 0) is 25.5 Å². The fourth-order valence-electron chi connectivity index (χ4n) is 6.71. The monoisotopic (exact) mass is 660 g/mol. The fourth-order valence-corrected chi connectivity index (χ4v) is 8.25. The molecule has 0 amide bonds. The number of carbonyl (C=O) groups is 2. The van der Waals surface area contributed by atoms with Gasteiger partial charge in [0, 0.05) is 38.6 Å². The Kier molecular flexibility index (Phi) is 12.5. The van der Waals surface area contributed by atoms with E-state index in [1.807, 2.05) is 64.1 Å². The summed E-state index contributed by atoms with van der Waals surface area (Å²) in [6.45, 7) is 9.90. The number of ether oxygens (including phenoxy) is 2. The number of unbranched alkanes of at least 4 members (excludes halogenated alkanes) is 1. The van der Waals surface area contributed by atoms with Gasteiger partial charge in [0.05, 0.1) is 23.3 Å². The predicted molar refractivity (Wildman–Crippen MR) is 179 cm³/mol. The minimum atomic E-state index is -0.989. The molecule has 0 radical (unpaired) electrons. The highest BCUT2D eigenvalue weighted by Gasteiger charge is 2.51. The maximum atomic E-state index is 13.6. The second-order valence-electron chi connectivity index (χ2n) is 13.3. The first-order valence-corrected chi connectivity index (χ1v) is 17.5. The van der Waals surface area contributed by atoms with E-state index < -0.39 is 48.0 Å². The summed E-state index contributed by atoms with van der Waals surface area (Å²) in [5, 5.41) is 32.3. The van der Waals surface area contributed by atoms with Crippen LogP contribution in [0.5, 0.6) is 0 Å². The molecule has 1 aliphatic carbocycles. The number of rotatable bonds is 14. The lowest BCUT2D eigenvalue weighted by molar-refractivity contribution is -0.291. The Balaban J connectivity index is 1.55. The molecule has 2 aliphatic rings. The highest BCUT2D eigenvalue weighted by atomic mass is 35.5. The number of aryl methyl sites for hydroxylation is 1. The smallest absolute Gasteiger partial charge is 0.303 e. The molecule has 9 heteroatoms. The second kappa shape index (κ2) is 15.7. The van der Waals surface area contributed by atoms with Crippen LogP contribution in [0.3, 0.4) is 0 Å². The average molecular weight is 661 g/mol. The fraction of sp³-hybridized carbons (Fsp3) is 0.611. The van der Waals surface area contributed by atoms with Crippen LogP contribution in [0.15, 0.2) is 48.6 Å². The van der Waals surface area contributed by atoms with Gasteiger partial charge in [0.15, 0.2) is 6.29 Å². The minimum absolute atomic E-state index is 0.0171. The molecule has 5 unspecified atom stereocenters. The molecule has 9 atom stereocenters. The highest BCUT2D eigenvalue weighted by molar-refractivity contribution is 7.19. The molecule has 1 saturated heterocycles. The SMILES string of the molecule is CC[C@H]1OC(OC(/C=C/C2[C@@H](C/C=C\CCCC(=O)O)C(=O)C(C)(C)[C@H]2C)CCc2sc3ccccc3c2Cl)C(O)[C@@H](C)C1O. The van der Waals surface area contributed by atoms with Crippen molar-refractivity contribution in [2.45, 2.75) is 110 Å². The third kappa shape index (κ3) is 8.27. The number of fused-ring (bicyclic) bond motifs is 1. The number of hydrogen-bond donors (Lipinski definition) is 3. The molecule has 2 fully saturated rings. The molecular weight excluding hydrogens is 612 g/mol. The van der Waals surface area contributed by atoms with Gasteiger partial charge in [0.25, 0.3) is 0 Å². The van der Waals surface area contributed by atoms with Gasteiger partial charge in [-0.25, -0.2) is 0 Å². The molecule has 1 saturated carbocycles. The minimum Gasteiger partial charge on any atom is -0.481 e. The number of Topliss-reactive ketones (excluding diaryl/α,β-unsaturated/α-hetero) is 1. The van der Waals surface area contributed by atoms with E-state index in [2.05, 4.69) is 19.1 Å². The number of benzene rings is 1. The summed E-state index contributed by atoms with van der Waals surface area (Å²) in [5.74, 6) is -1.10. The zero-order valence-electron chi connectivity index (χ0n) is 27.0. The number of carboxylic acid groups (broad SMARTS) is 1. The Labute approximate surface area is 276 Å². The van der Waals surface area contributed by atoms with Crippen molar-refractivity contribution >= 4 is 44.8 Å². The Morgan fingerprint density at radius 2 is 1.91 bits per heavy atom. The second-order valence-corrected chi connectivity index (χ2v) is 14.8. The summed E-state index contributed by atoms with van der Waals surface area (Å²) in [7, 11) is 0. The average Bonchev–Trinajstić information content (AvgIpc) is 3.41. The molecule has 248 valence electrons. The molecule has 2 aromatic rings. The first kappa shape index (κ1) is 35.8. The van der Waals surface area contributed by atoms with Crippen LogP contribution in [0.4, 0.5) is 0 Å². The number of carboxylic acids is 1. The van der Waals surface area contributed by atoms with E-state index in [9.17, 15) is 19.8 Å². The molecular formula is C36H49ClO7S. The van der Waals surface area contributed by atoms with Crippen LogP contribution in [0.1, 0.15) is 78.0 Å². The zero-order chi connectivity index (χ0) is 32.9. The van der Waals surface area contributed by atoms with Crippen molar-refractivity contribution < 1.29 is 34.4 Å². The standard InChI is InChI=1S/C36H49ClO7S/c1-6-27-32(40)21(2)33(41)35(44-27)43-23(18-20-29-31(37)26-14-11-12-15-28(26)45-29)17-19-24-22(3)36(4,5)34(42)25(24)13-9-7-8-10-16-30(38)39/h7,9,11-12,14-15,17,19,21-25,27,32-33,35,40-41H,6,8,10,13,16,18,20H2,1-5H3,(H,38,39)/b9-7-,19-17+/t21-,22-,23?,24?,25+,27+,32?,33?,35?/m0/s1. The zero-order valence-corrected chi connectivity index (χ0v) is 28.6. The van der Waals surface area contributed by atoms with Crippen molar-refractivity contribution in [1.29, 1.82) is 0 Å². The van der Waals surface area contributed by atoms with Crippen LogP contribution < -0.4 is 0 Å². The Hall–Kier alpha value is -2.07. The Bertz CT molecular complexity index is 1360. The van der Waals surface area contributed by atoms with E-state index in [1.54, 1.807) is 11.3 Å². The van der Waals surface area contributed by atoms with Gasteiger partial charge in [-0.3, -0.25) is 9.59 Å². The third-order valence-corrected chi connectivity index (χ3v) is 11.8. The lowest BCUT2D eigenvalue weighted by Gasteiger charge is -2.42. The maximum absolute atomic E-state index is 13.6. The number of thiophene rings is 1. The normalized spacial score (nSPS) is 31.0. The summed E-state index contributed by atoms with van der Waals surface area (Å²) in [5.41, 5.74) is -0.486. The van der Waals surface area contributed by atoms with Crippen molar-refractivity contribution in [2.75, 3.05) is 0 Å². The Morgan fingerprint density at radius 3 is 2.60 bits per heavy atom. The topological polar surface area (TPSA) is 113 Å². The lowest BCUT2D eigenvalue weighted by atomic mass is 9.79. The van der Waals surface area contributed by atoms with E-state index in [4.69, 9.17) is 26.2 Å². The molecule has 0 bridgehead atoms. The maximum Gasteiger partial charge on any atom is 0.303 e. The number of carbonyl (C=O) groups excluding carboxylic acids is 1. The van der Waals surface area contributed by atoms with Crippen LogP contribution in [-0.4, -0.2) is 57.8 Å². The number of hydrogen-bond acceptors (Lipinski definition) is 7. The molecule has 1 aromatic carbocycles. The van der Waals surface area contributed by atoms with Crippen molar-refractivity contribution in [2.24, 2.45) is 29.1 Å². The van der Waals surface area contributed by atoms with E-state index in [0.29, 0.717) is 38.5 Å². The lowest BCUT2D eigenvalue weighted by Crippen LogP contribution is -2.54. The van der Waals surface area contributed by atoms with E-state index in [-0.39, 0.29) is 30.0 Å². The van der Waals surface area contributed by atoms with Gasteiger partial charge >= 0.3 is 5.97 Å². The van der Waals surface area contributed by atoms with Gasteiger partial charge < -0.3 is 24.8 Å². The molecule has 2 heterocycles. The third-order valence-electron chi connectivity index (χ3n) is 10.0. The molecule has 4 rings (SSSR count). The van der Waals surface area contributed by atoms with Crippen LogP contribution in [0, 0.1) is 29.1 Å². The van der Waals surface area contributed by atoms with Gasteiger partial charge in [0.2, 0.25) is 0 Å². The van der Waals surface area contributed by atoms with Crippen LogP contribution in [0.25, 0.3) is 10.1 Å². The van der Waals surface area contributed by atoms with Gasteiger partial charge in [-0.1, -0.05) is 88.7 Å². The summed E-state index contributed by atoms with van der Waals surface area (Å²) in [6.07, 6.45) is 8.42. The van der Waals surface area contributed by atoms with Crippen molar-refractivity contribution in [3.8, 4) is 0 Å². The molecule has 1 aromatic heterocycles. The largest absolute Gasteiger partial charge is 0.481 e. The van der Waals surface area contributed by atoms with Crippen molar-refractivity contribution in [3.05, 3.63) is 58.5 Å². The molecule has 45 heavy (non-hydrogen) atoms. The number of aliphatic carboxylic acids is 1. The van der Waals surface area contributed by atoms with Gasteiger partial charge in [-0.05, 0) is 56.4 Å². The van der Waals surface area contributed by atoms with Crippen molar-refractivity contribution in [3.63, 3.8) is 0 Å².